The summed E-state index contributed by atoms with van der Waals surface area (Å²) in [6.07, 6.45) is 6.98. The van der Waals surface area contributed by atoms with Crippen LogP contribution in [0.15, 0.2) is 42.5 Å². The molecule has 0 aromatic heterocycles. The minimum Gasteiger partial charge on any atom is -0.379 e. The van der Waals surface area contributed by atoms with E-state index in [1.54, 1.807) is 52.0 Å². The Balaban J connectivity index is 0.00000103. The maximum atomic E-state index is 14.5. The molecule has 1 saturated carbocycles. The largest absolute Gasteiger partial charge is 0.379 e. The molecule has 1 N–H and O–H groups in total. The number of carbonyl (C=O) groups excluding carboxylic acids is 7. The number of likely N-dealkylation sites (N-methyl/N-ethyl adjacent to an activating group) is 2. The fourth-order valence-electron chi connectivity index (χ4n) is 12.2. The average molecular weight is 1020 g/mol. The third-order valence-corrected chi connectivity index (χ3v) is 16.2. The Morgan fingerprint density at radius 1 is 0.808 bits per heavy atom. The van der Waals surface area contributed by atoms with Gasteiger partial charge in [0.2, 0.25) is 23.6 Å². The summed E-state index contributed by atoms with van der Waals surface area (Å²) < 4.78 is 12.0. The molecule has 0 radical (unpaired) electrons. The smallest absolute Gasteiger partial charge is 0.228 e. The van der Waals surface area contributed by atoms with Crippen molar-refractivity contribution in [3.05, 3.63) is 48.0 Å². The highest BCUT2D eigenvalue weighted by molar-refractivity contribution is 5.94. The fraction of sp³-hybridized carbons (Fsp3) is 0.750. The van der Waals surface area contributed by atoms with Crippen molar-refractivity contribution >= 4 is 41.0 Å². The molecule has 13 heteroatoms. The molecule has 2 aliphatic carbocycles. The number of amides is 4. The number of hydrogen-bond acceptors (Lipinski definition) is 9. The number of hydrogen-bond donors (Lipinski definition) is 1. The van der Waals surface area contributed by atoms with Crippen LogP contribution in [-0.4, -0.2) is 127 Å². The molecule has 1 saturated heterocycles. The van der Waals surface area contributed by atoms with Crippen molar-refractivity contribution in [1.29, 1.82) is 0 Å². The molecule has 414 valence electrons. The summed E-state index contributed by atoms with van der Waals surface area (Å²) in [5.41, 5.74) is 0.536. The van der Waals surface area contributed by atoms with Crippen LogP contribution in [0.2, 0.25) is 0 Å². The first-order valence-electron chi connectivity index (χ1n) is 26.9. The number of fused-ring (bicyclic) bond motifs is 2. The molecular formula is C60H100N4O9. The van der Waals surface area contributed by atoms with E-state index in [4.69, 9.17) is 9.47 Å². The van der Waals surface area contributed by atoms with Crippen LogP contribution >= 0.6 is 0 Å². The molecular weight excluding hydrogens is 921 g/mol. The van der Waals surface area contributed by atoms with Crippen molar-refractivity contribution < 1.29 is 43.0 Å². The molecule has 1 aliphatic heterocycles. The van der Waals surface area contributed by atoms with Gasteiger partial charge in [0.1, 0.15) is 5.78 Å². The van der Waals surface area contributed by atoms with E-state index in [0.29, 0.717) is 55.3 Å². The Bertz CT molecular complexity index is 2020. The maximum Gasteiger partial charge on any atom is 0.228 e. The number of allylic oxidation sites excluding steroid dienone is 2. The lowest BCUT2D eigenvalue weighted by Gasteiger charge is -2.41. The Kier molecular flexibility index (Phi) is 24.9. The number of likely N-dealkylation sites (tertiary alicyclic amines) is 1. The predicted molar refractivity (Wildman–Crippen MR) is 292 cm³/mol. The van der Waals surface area contributed by atoms with Crippen molar-refractivity contribution in [3.8, 4) is 0 Å². The summed E-state index contributed by atoms with van der Waals surface area (Å²) in [6.45, 7) is 29.5. The van der Waals surface area contributed by atoms with Crippen LogP contribution in [0.25, 0.3) is 0 Å². The van der Waals surface area contributed by atoms with Crippen LogP contribution in [0.4, 0.5) is 0 Å². The van der Waals surface area contributed by atoms with E-state index >= 15 is 0 Å². The molecule has 4 unspecified atom stereocenters. The molecule has 1 aromatic carbocycles. The molecule has 4 amide bonds. The molecule has 1 aromatic rings. The number of nitrogens with one attached hydrogen (secondary N) is 1. The van der Waals surface area contributed by atoms with Gasteiger partial charge < -0.3 is 29.5 Å². The van der Waals surface area contributed by atoms with Gasteiger partial charge in [-0.05, 0) is 86.0 Å². The second kappa shape index (κ2) is 28.1. The van der Waals surface area contributed by atoms with Crippen LogP contribution in [0.1, 0.15) is 155 Å². The van der Waals surface area contributed by atoms with Crippen molar-refractivity contribution in [2.24, 2.45) is 64.1 Å². The molecule has 2 bridgehead atoms. The van der Waals surface area contributed by atoms with Crippen molar-refractivity contribution in [2.45, 2.75) is 193 Å². The first kappa shape index (κ1) is 64.9. The Labute approximate surface area is 442 Å². The lowest BCUT2D eigenvalue weighted by molar-refractivity contribution is -0.150. The van der Waals surface area contributed by atoms with E-state index in [1.165, 1.54) is 18.2 Å². The lowest BCUT2D eigenvalue weighted by Crippen LogP contribution is -2.55. The van der Waals surface area contributed by atoms with E-state index in [0.717, 1.165) is 12.0 Å². The highest BCUT2D eigenvalue weighted by Crippen LogP contribution is 2.55. The highest BCUT2D eigenvalue weighted by atomic mass is 16.5. The van der Waals surface area contributed by atoms with E-state index in [1.807, 2.05) is 92.6 Å². The Morgan fingerprint density at radius 3 is 1.86 bits per heavy atom. The van der Waals surface area contributed by atoms with Gasteiger partial charge >= 0.3 is 0 Å². The Hall–Kier alpha value is -4.23. The number of benzene rings is 1. The number of ether oxygens (including phenoxy) is 2. The zero-order chi connectivity index (χ0) is 54.7. The summed E-state index contributed by atoms with van der Waals surface area (Å²) in [4.78, 5) is 98.9. The SMILES string of the molecule is C.CC(=O)C1C2C=CC(C2)C1C(C)(C)C.CC[C@H](C)[C@@H]([C@@H](CC(=O)N1CCC[C@H]1[C@H](OC)[C@@H](C)C(=O)N[C@@H](Cc1ccccc1)C(C)=O)OC)N(C)C(=O)[C@@H](CC(=O)[C@H](C(C)C)N(C)C(=O)C(C)(C)C)C(C)C. The predicted octanol–water partition coefficient (Wildman–Crippen LogP) is 9.68. The van der Waals surface area contributed by atoms with Gasteiger partial charge in [0.25, 0.3) is 0 Å². The number of nitrogens with zero attached hydrogens (tertiary/aromatic N) is 3. The summed E-state index contributed by atoms with van der Waals surface area (Å²) >= 11 is 0. The van der Waals surface area contributed by atoms with Crippen molar-refractivity contribution in [2.75, 3.05) is 34.9 Å². The van der Waals surface area contributed by atoms with E-state index in [-0.39, 0.29) is 84.7 Å². The van der Waals surface area contributed by atoms with Crippen LogP contribution in [0, 0.1) is 64.1 Å². The molecule has 1 heterocycles. The van der Waals surface area contributed by atoms with Gasteiger partial charge in [0.05, 0.1) is 48.7 Å². The molecule has 13 atom stereocenters. The van der Waals surface area contributed by atoms with Gasteiger partial charge in [-0.3, -0.25) is 33.6 Å². The minimum absolute atomic E-state index is 0. The van der Waals surface area contributed by atoms with Crippen LogP contribution in [0.3, 0.4) is 0 Å². The third-order valence-electron chi connectivity index (χ3n) is 16.2. The molecule has 13 nitrogen and oxygen atoms in total. The first-order chi connectivity index (χ1) is 33.4. The molecule has 3 aliphatic rings. The van der Waals surface area contributed by atoms with Gasteiger partial charge in [0.15, 0.2) is 11.6 Å². The van der Waals surface area contributed by atoms with E-state index < -0.39 is 47.6 Å². The molecule has 0 spiro atoms. The van der Waals surface area contributed by atoms with E-state index in [9.17, 15) is 33.6 Å². The van der Waals surface area contributed by atoms with Crippen molar-refractivity contribution in [1.82, 2.24) is 20.0 Å². The number of methoxy groups -OCH3 is 2. The average Bonchev–Trinajstić information content (AvgIpc) is 4.08. The van der Waals surface area contributed by atoms with Crippen molar-refractivity contribution in [3.63, 3.8) is 0 Å². The second-order valence-electron chi connectivity index (χ2n) is 24.3. The summed E-state index contributed by atoms with van der Waals surface area (Å²) in [6, 6.07) is 7.30. The number of rotatable bonds is 23. The van der Waals surface area contributed by atoms with Crippen LogP contribution in [0.5, 0.6) is 0 Å². The highest BCUT2D eigenvalue weighted by Gasteiger charge is 2.51. The van der Waals surface area contributed by atoms with Gasteiger partial charge in [-0.15, -0.1) is 0 Å². The summed E-state index contributed by atoms with van der Waals surface area (Å²) in [5.74, 6) is -0.346. The second-order valence-corrected chi connectivity index (χ2v) is 24.3. The molecule has 2 fully saturated rings. The van der Waals surface area contributed by atoms with Crippen LogP contribution in [-0.2, 0) is 49.5 Å². The fourth-order valence-corrected chi connectivity index (χ4v) is 12.2. The monoisotopic (exact) mass is 1020 g/mol. The number of ketones is 3. The van der Waals surface area contributed by atoms with Crippen LogP contribution < -0.4 is 5.32 Å². The molecule has 4 rings (SSSR count). The summed E-state index contributed by atoms with van der Waals surface area (Å²) in [5, 5.41) is 2.93. The maximum absolute atomic E-state index is 14.5. The topological polar surface area (TPSA) is 160 Å². The zero-order valence-electron chi connectivity index (χ0n) is 47.9. The number of carbonyl (C=O) groups is 7. The standard InChI is InChI=1S/C46H76N4O8.C13H20O.CH4/c1-16-30(6)41(48(12)44(55)34(28(2)3)26-37(52)40(29(4)5)49(13)45(56)46(9,10)11)38(57-14)27-39(53)50-24-20-23-36(50)42(58-15)31(7)43(54)47-35(32(8)51)25-33-21-18-17-19-22-33;1-8(14)11-9-5-6-10(7-9)12(11)13(2,3)4;/h17-19,21-22,28-31,34-36,38,40-42H,16,20,23-27H2,1-15H3,(H,47,54);5-6,9-12H,7H2,1-4H3;1H4/t30-,31+,34-,35-,36-,38+,40-,41-,42+;;/m0../s1. The summed E-state index contributed by atoms with van der Waals surface area (Å²) in [7, 11) is 6.49. The van der Waals surface area contributed by atoms with Gasteiger partial charge in [0, 0.05) is 58.5 Å². The van der Waals surface area contributed by atoms with E-state index in [2.05, 4.69) is 38.2 Å². The quantitative estimate of drug-likeness (QED) is 0.105. The minimum atomic E-state index is -0.695. The number of Topliss-reactive ketones (excluding diaryl/α,β-unsaturated/α-hetero) is 3. The normalized spacial score (nSPS) is 22.7. The zero-order valence-corrected chi connectivity index (χ0v) is 47.9. The first-order valence-corrected chi connectivity index (χ1v) is 26.9. The third kappa shape index (κ3) is 16.6. The van der Waals surface area contributed by atoms with Gasteiger partial charge in [-0.2, -0.15) is 0 Å². The molecule has 73 heavy (non-hydrogen) atoms. The lowest BCUT2D eigenvalue weighted by atomic mass is 9.67. The Morgan fingerprint density at radius 2 is 1.40 bits per heavy atom. The van der Waals surface area contributed by atoms with Gasteiger partial charge in [-0.25, -0.2) is 0 Å². The van der Waals surface area contributed by atoms with Gasteiger partial charge in [-0.1, -0.05) is 146 Å².